The lowest BCUT2D eigenvalue weighted by molar-refractivity contribution is 0.300. The lowest BCUT2D eigenvalue weighted by atomic mass is 10.0. The molecule has 1 heterocycles. The van der Waals surface area contributed by atoms with Gasteiger partial charge in [-0.3, -0.25) is 0 Å². The summed E-state index contributed by atoms with van der Waals surface area (Å²) in [6.07, 6.45) is 2.10. The molecular weight excluding hydrogens is 198 g/mol. The highest BCUT2D eigenvalue weighted by Crippen LogP contribution is 2.22. The summed E-state index contributed by atoms with van der Waals surface area (Å²) in [4.78, 5) is 2.30. The van der Waals surface area contributed by atoms with E-state index in [1.807, 2.05) is 24.3 Å². The number of nitrogen functional groups attached to an aromatic ring is 1. The van der Waals surface area contributed by atoms with Gasteiger partial charge in [0.2, 0.25) is 0 Å². The number of nitrogens with two attached hydrogens (primary N) is 2. The van der Waals surface area contributed by atoms with E-state index < -0.39 is 0 Å². The molecule has 0 aliphatic carbocycles. The summed E-state index contributed by atoms with van der Waals surface area (Å²) in [6.45, 7) is 6.16. The largest absolute Gasteiger partial charge is 0.399 e. The van der Waals surface area contributed by atoms with E-state index in [0.29, 0.717) is 6.04 Å². The van der Waals surface area contributed by atoms with Gasteiger partial charge in [-0.25, -0.2) is 0 Å². The zero-order valence-corrected chi connectivity index (χ0v) is 9.52. The predicted octanol–water partition coefficient (Wildman–Crippen LogP) is 1.66. The van der Waals surface area contributed by atoms with Crippen molar-refractivity contribution < 1.29 is 0 Å². The first-order valence-electron chi connectivity index (χ1n) is 5.72. The third-order valence-electron chi connectivity index (χ3n) is 3.17. The summed E-state index contributed by atoms with van der Waals surface area (Å²) in [5.74, 6) is 0. The first-order valence-corrected chi connectivity index (χ1v) is 5.72. The van der Waals surface area contributed by atoms with E-state index in [0.717, 1.165) is 42.9 Å². The van der Waals surface area contributed by atoms with E-state index >= 15 is 0 Å². The van der Waals surface area contributed by atoms with Gasteiger partial charge < -0.3 is 16.4 Å². The molecule has 1 aromatic rings. The molecule has 0 unspecified atom stereocenters. The topological polar surface area (TPSA) is 55.3 Å². The van der Waals surface area contributed by atoms with Crippen molar-refractivity contribution in [2.24, 2.45) is 5.73 Å². The Balaban J connectivity index is 2.05. The van der Waals surface area contributed by atoms with Gasteiger partial charge in [-0.15, -0.1) is 0 Å². The quantitative estimate of drug-likeness (QED) is 0.741. The molecule has 16 heavy (non-hydrogen) atoms. The van der Waals surface area contributed by atoms with Crippen molar-refractivity contribution in [3.8, 4) is 0 Å². The van der Waals surface area contributed by atoms with Crippen molar-refractivity contribution in [2.75, 3.05) is 18.8 Å². The summed E-state index contributed by atoms with van der Waals surface area (Å²) >= 11 is 0. The third kappa shape index (κ3) is 2.36. The van der Waals surface area contributed by atoms with Crippen LogP contribution in [0, 0.1) is 0 Å². The van der Waals surface area contributed by atoms with Crippen molar-refractivity contribution in [2.45, 2.75) is 18.9 Å². The number of hydrogen-bond donors (Lipinski definition) is 2. The Labute approximate surface area is 96.7 Å². The summed E-state index contributed by atoms with van der Waals surface area (Å²) in [6, 6.07) is 8.22. The standard InChI is InChI=1S/C13H19N3/c1-10(11-2-4-12(14)5-3-11)16-8-6-13(15)7-9-16/h2-5,13H,1,6-9,14-15H2. The molecule has 3 heteroatoms. The summed E-state index contributed by atoms with van der Waals surface area (Å²) in [7, 11) is 0. The maximum absolute atomic E-state index is 5.88. The fourth-order valence-corrected chi connectivity index (χ4v) is 2.03. The molecule has 0 amide bonds. The van der Waals surface area contributed by atoms with Crippen LogP contribution in [0.15, 0.2) is 30.8 Å². The van der Waals surface area contributed by atoms with Crippen LogP contribution >= 0.6 is 0 Å². The van der Waals surface area contributed by atoms with Crippen LogP contribution in [0.2, 0.25) is 0 Å². The molecule has 0 spiro atoms. The molecule has 0 saturated carbocycles. The van der Waals surface area contributed by atoms with Crippen LogP contribution in [-0.2, 0) is 0 Å². The lowest BCUT2D eigenvalue weighted by Gasteiger charge is -2.33. The predicted molar refractivity (Wildman–Crippen MR) is 68.7 cm³/mol. The summed E-state index contributed by atoms with van der Waals surface area (Å²) in [5.41, 5.74) is 14.6. The fraction of sp³-hybridized carbons (Fsp3) is 0.385. The molecule has 1 saturated heterocycles. The van der Waals surface area contributed by atoms with Crippen molar-refractivity contribution in [1.29, 1.82) is 0 Å². The van der Waals surface area contributed by atoms with Gasteiger partial charge in [0.25, 0.3) is 0 Å². The van der Waals surface area contributed by atoms with Gasteiger partial charge in [0.1, 0.15) is 0 Å². The van der Waals surface area contributed by atoms with Crippen LogP contribution in [0.5, 0.6) is 0 Å². The molecule has 0 bridgehead atoms. The highest BCUT2D eigenvalue weighted by Gasteiger charge is 2.17. The van der Waals surface area contributed by atoms with Crippen molar-refractivity contribution >= 4 is 11.4 Å². The van der Waals surface area contributed by atoms with Crippen molar-refractivity contribution in [3.05, 3.63) is 36.4 Å². The molecular formula is C13H19N3. The number of piperidine rings is 1. The molecule has 0 atom stereocenters. The Morgan fingerprint density at radius 1 is 1.19 bits per heavy atom. The van der Waals surface area contributed by atoms with Crippen LogP contribution in [0.3, 0.4) is 0 Å². The van der Waals surface area contributed by atoms with Crippen LogP contribution in [0.1, 0.15) is 18.4 Å². The Morgan fingerprint density at radius 2 is 1.75 bits per heavy atom. The lowest BCUT2D eigenvalue weighted by Crippen LogP contribution is -2.38. The first kappa shape index (κ1) is 11.0. The van der Waals surface area contributed by atoms with Gasteiger partial charge in [-0.1, -0.05) is 18.7 Å². The van der Waals surface area contributed by atoms with Gasteiger partial charge in [0.05, 0.1) is 0 Å². The molecule has 1 aliphatic rings. The van der Waals surface area contributed by atoms with Crippen LogP contribution < -0.4 is 11.5 Å². The maximum Gasteiger partial charge on any atom is 0.0366 e. The van der Waals surface area contributed by atoms with Crippen molar-refractivity contribution in [3.63, 3.8) is 0 Å². The molecule has 0 aromatic heterocycles. The number of benzene rings is 1. The van der Waals surface area contributed by atoms with Gasteiger partial charge >= 0.3 is 0 Å². The van der Waals surface area contributed by atoms with E-state index in [2.05, 4.69) is 11.5 Å². The third-order valence-corrected chi connectivity index (χ3v) is 3.17. The van der Waals surface area contributed by atoms with Gasteiger partial charge in [0.15, 0.2) is 0 Å². The SMILES string of the molecule is C=C(c1ccc(N)cc1)N1CCC(N)CC1. The maximum atomic E-state index is 5.88. The van der Waals surface area contributed by atoms with E-state index in [4.69, 9.17) is 11.5 Å². The van der Waals surface area contributed by atoms with Crippen LogP contribution in [-0.4, -0.2) is 24.0 Å². The Morgan fingerprint density at radius 3 is 2.31 bits per heavy atom. The molecule has 1 aromatic carbocycles. The zero-order chi connectivity index (χ0) is 11.5. The van der Waals surface area contributed by atoms with E-state index in [-0.39, 0.29) is 0 Å². The van der Waals surface area contributed by atoms with Gasteiger partial charge in [0, 0.05) is 30.5 Å². The van der Waals surface area contributed by atoms with Crippen LogP contribution in [0.4, 0.5) is 5.69 Å². The highest BCUT2D eigenvalue weighted by atomic mass is 15.1. The highest BCUT2D eigenvalue weighted by molar-refractivity contribution is 5.63. The minimum absolute atomic E-state index is 0.357. The fourth-order valence-electron chi connectivity index (χ4n) is 2.03. The van der Waals surface area contributed by atoms with Gasteiger partial charge in [-0.05, 0) is 30.5 Å². The molecule has 0 radical (unpaired) electrons. The monoisotopic (exact) mass is 217 g/mol. The smallest absolute Gasteiger partial charge is 0.0366 e. The second-order valence-corrected chi connectivity index (χ2v) is 4.39. The molecule has 2 rings (SSSR count). The minimum Gasteiger partial charge on any atom is -0.399 e. The zero-order valence-electron chi connectivity index (χ0n) is 9.52. The number of likely N-dealkylation sites (tertiary alicyclic amines) is 1. The first-order chi connectivity index (χ1) is 7.66. The van der Waals surface area contributed by atoms with Gasteiger partial charge in [-0.2, -0.15) is 0 Å². The molecule has 1 fully saturated rings. The molecule has 86 valence electrons. The number of anilines is 1. The van der Waals surface area contributed by atoms with E-state index in [1.165, 1.54) is 0 Å². The number of rotatable bonds is 2. The van der Waals surface area contributed by atoms with Crippen LogP contribution in [0.25, 0.3) is 5.70 Å². The number of nitrogens with zero attached hydrogens (tertiary/aromatic N) is 1. The Kier molecular flexibility index (Phi) is 3.15. The molecule has 1 aliphatic heterocycles. The van der Waals surface area contributed by atoms with E-state index in [9.17, 15) is 0 Å². The second-order valence-electron chi connectivity index (χ2n) is 4.39. The summed E-state index contributed by atoms with van der Waals surface area (Å²) < 4.78 is 0. The normalized spacial score (nSPS) is 17.4. The van der Waals surface area contributed by atoms with E-state index in [1.54, 1.807) is 0 Å². The molecule has 3 nitrogen and oxygen atoms in total. The van der Waals surface area contributed by atoms with Crippen molar-refractivity contribution in [1.82, 2.24) is 4.90 Å². The average molecular weight is 217 g/mol. The molecule has 4 N–H and O–H groups in total. The Hall–Kier alpha value is -1.48. The Bertz CT molecular complexity index is 361. The average Bonchev–Trinajstić information content (AvgIpc) is 2.30. The summed E-state index contributed by atoms with van der Waals surface area (Å²) in [5, 5.41) is 0. The minimum atomic E-state index is 0.357. The number of hydrogen-bond acceptors (Lipinski definition) is 3. The second kappa shape index (κ2) is 4.58.